The Morgan fingerprint density at radius 1 is 1.38 bits per heavy atom. The van der Waals surface area contributed by atoms with Gasteiger partial charge >= 0.3 is 0 Å². The van der Waals surface area contributed by atoms with Crippen LogP contribution in [0.25, 0.3) is 11.0 Å². The minimum atomic E-state index is 0.00692. The van der Waals surface area contributed by atoms with E-state index >= 15 is 0 Å². The van der Waals surface area contributed by atoms with Gasteiger partial charge in [0.15, 0.2) is 5.82 Å². The molecule has 0 aliphatic carbocycles. The van der Waals surface area contributed by atoms with Gasteiger partial charge in [-0.05, 0) is 31.0 Å². The van der Waals surface area contributed by atoms with Crippen molar-refractivity contribution < 1.29 is 9.32 Å². The van der Waals surface area contributed by atoms with Crippen molar-refractivity contribution >= 4 is 16.9 Å². The van der Waals surface area contributed by atoms with Crippen molar-refractivity contribution in [3.8, 4) is 0 Å². The fourth-order valence-electron chi connectivity index (χ4n) is 3.21. The van der Waals surface area contributed by atoms with E-state index < -0.39 is 0 Å². The van der Waals surface area contributed by atoms with Gasteiger partial charge in [-0.15, -0.1) is 5.10 Å². The molecule has 3 heterocycles. The van der Waals surface area contributed by atoms with Gasteiger partial charge < -0.3 is 9.42 Å². The van der Waals surface area contributed by atoms with Crippen LogP contribution in [0.15, 0.2) is 22.7 Å². The number of benzene rings is 1. The van der Waals surface area contributed by atoms with Crippen LogP contribution in [-0.4, -0.2) is 49.0 Å². The Bertz CT molecular complexity index is 899. The van der Waals surface area contributed by atoms with Gasteiger partial charge in [-0.1, -0.05) is 10.4 Å². The summed E-state index contributed by atoms with van der Waals surface area (Å²) in [6.45, 7) is 3.12. The molecular weight excluding hydrogens is 308 g/mol. The van der Waals surface area contributed by atoms with Gasteiger partial charge in [-0.2, -0.15) is 4.98 Å². The predicted molar refractivity (Wildman–Crippen MR) is 85.4 cm³/mol. The SMILES string of the molecule is Cc1nc([C@H]2CCCN(C(=O)c3ccc4c(c3)nnn4C)C2)no1. The first-order valence-corrected chi connectivity index (χ1v) is 8.01. The highest BCUT2D eigenvalue weighted by Gasteiger charge is 2.28. The molecule has 0 saturated carbocycles. The zero-order valence-corrected chi connectivity index (χ0v) is 13.6. The molecular formula is C16H18N6O2. The molecule has 3 aromatic rings. The molecule has 1 saturated heterocycles. The number of aryl methyl sites for hydroxylation is 2. The number of fused-ring (bicyclic) bond motifs is 1. The van der Waals surface area contributed by atoms with Crippen LogP contribution in [0.3, 0.4) is 0 Å². The van der Waals surface area contributed by atoms with E-state index in [0.29, 0.717) is 23.8 Å². The summed E-state index contributed by atoms with van der Waals surface area (Å²) in [6, 6.07) is 5.51. The molecule has 0 bridgehead atoms. The van der Waals surface area contributed by atoms with Crippen molar-refractivity contribution in [3.05, 3.63) is 35.5 Å². The van der Waals surface area contributed by atoms with E-state index in [0.717, 1.165) is 30.4 Å². The van der Waals surface area contributed by atoms with Gasteiger partial charge in [0, 0.05) is 38.5 Å². The molecule has 1 aliphatic rings. The van der Waals surface area contributed by atoms with Crippen molar-refractivity contribution in [1.82, 2.24) is 30.0 Å². The third-order valence-electron chi connectivity index (χ3n) is 4.47. The Morgan fingerprint density at radius 3 is 3.04 bits per heavy atom. The molecule has 1 amide bonds. The molecule has 8 heteroatoms. The highest BCUT2D eigenvalue weighted by molar-refractivity contribution is 5.97. The van der Waals surface area contributed by atoms with Crippen LogP contribution in [0, 0.1) is 6.92 Å². The number of aromatic nitrogens is 5. The van der Waals surface area contributed by atoms with Crippen molar-refractivity contribution in [2.75, 3.05) is 13.1 Å². The van der Waals surface area contributed by atoms with Gasteiger partial charge in [0.05, 0.1) is 5.52 Å². The minimum absolute atomic E-state index is 0.00692. The highest BCUT2D eigenvalue weighted by atomic mass is 16.5. The van der Waals surface area contributed by atoms with E-state index in [4.69, 9.17) is 4.52 Å². The molecule has 4 rings (SSSR count). The van der Waals surface area contributed by atoms with Crippen LogP contribution >= 0.6 is 0 Å². The van der Waals surface area contributed by atoms with Gasteiger partial charge in [0.2, 0.25) is 5.89 Å². The number of likely N-dealkylation sites (tertiary alicyclic amines) is 1. The molecule has 0 N–H and O–H groups in total. The first kappa shape index (κ1) is 14.8. The average Bonchev–Trinajstić information content (AvgIpc) is 3.20. The summed E-state index contributed by atoms with van der Waals surface area (Å²) in [4.78, 5) is 19.0. The summed E-state index contributed by atoms with van der Waals surface area (Å²) in [6.07, 6.45) is 1.89. The van der Waals surface area contributed by atoms with Crippen LogP contribution in [0.5, 0.6) is 0 Å². The van der Waals surface area contributed by atoms with E-state index in [-0.39, 0.29) is 11.8 Å². The third-order valence-corrected chi connectivity index (χ3v) is 4.47. The monoisotopic (exact) mass is 326 g/mol. The third kappa shape index (κ3) is 2.53. The Hall–Kier alpha value is -2.77. The second kappa shape index (κ2) is 5.70. The molecule has 1 aliphatic heterocycles. The molecule has 1 fully saturated rings. The maximum Gasteiger partial charge on any atom is 0.253 e. The molecule has 0 spiro atoms. The quantitative estimate of drug-likeness (QED) is 0.712. The van der Waals surface area contributed by atoms with Crippen LogP contribution in [0.1, 0.15) is 40.8 Å². The Kier molecular flexibility index (Phi) is 3.51. The van der Waals surface area contributed by atoms with Gasteiger partial charge in [-0.25, -0.2) is 4.68 Å². The smallest absolute Gasteiger partial charge is 0.253 e. The van der Waals surface area contributed by atoms with E-state index in [1.165, 1.54) is 0 Å². The number of nitrogens with zero attached hydrogens (tertiary/aromatic N) is 6. The zero-order chi connectivity index (χ0) is 16.7. The van der Waals surface area contributed by atoms with Crippen molar-refractivity contribution in [3.63, 3.8) is 0 Å². The van der Waals surface area contributed by atoms with Gasteiger partial charge in [-0.3, -0.25) is 4.79 Å². The van der Waals surface area contributed by atoms with E-state index in [1.54, 1.807) is 17.7 Å². The predicted octanol–water partition coefficient (Wildman–Crippen LogP) is 1.68. The minimum Gasteiger partial charge on any atom is -0.340 e. The lowest BCUT2D eigenvalue weighted by Gasteiger charge is -2.31. The first-order chi connectivity index (χ1) is 11.6. The first-order valence-electron chi connectivity index (χ1n) is 8.01. The van der Waals surface area contributed by atoms with E-state index in [1.807, 2.05) is 24.1 Å². The fraction of sp³-hybridized carbons (Fsp3) is 0.438. The average molecular weight is 326 g/mol. The zero-order valence-electron chi connectivity index (χ0n) is 13.6. The number of rotatable bonds is 2. The van der Waals surface area contributed by atoms with Gasteiger partial charge in [0.1, 0.15) is 5.52 Å². The van der Waals surface area contributed by atoms with Crippen molar-refractivity contribution in [1.29, 1.82) is 0 Å². The highest BCUT2D eigenvalue weighted by Crippen LogP contribution is 2.26. The maximum atomic E-state index is 12.8. The largest absolute Gasteiger partial charge is 0.340 e. The second-order valence-corrected chi connectivity index (χ2v) is 6.18. The van der Waals surface area contributed by atoms with Crippen LogP contribution < -0.4 is 0 Å². The molecule has 24 heavy (non-hydrogen) atoms. The van der Waals surface area contributed by atoms with Crippen LogP contribution in [0.4, 0.5) is 0 Å². The van der Waals surface area contributed by atoms with E-state index in [9.17, 15) is 4.79 Å². The summed E-state index contributed by atoms with van der Waals surface area (Å²) >= 11 is 0. The second-order valence-electron chi connectivity index (χ2n) is 6.18. The van der Waals surface area contributed by atoms with E-state index in [2.05, 4.69) is 20.5 Å². The van der Waals surface area contributed by atoms with Crippen LogP contribution in [-0.2, 0) is 7.05 Å². The maximum absolute atomic E-state index is 12.8. The van der Waals surface area contributed by atoms with Crippen molar-refractivity contribution in [2.45, 2.75) is 25.7 Å². The van der Waals surface area contributed by atoms with Gasteiger partial charge in [0.25, 0.3) is 5.91 Å². The number of amides is 1. The van der Waals surface area contributed by atoms with Crippen LogP contribution in [0.2, 0.25) is 0 Å². The fourth-order valence-corrected chi connectivity index (χ4v) is 3.21. The number of carbonyl (C=O) groups excluding carboxylic acids is 1. The summed E-state index contributed by atoms with van der Waals surface area (Å²) < 4.78 is 6.76. The molecule has 2 aromatic heterocycles. The number of hydrogen-bond acceptors (Lipinski definition) is 6. The molecule has 124 valence electrons. The Labute approximate surface area is 138 Å². The number of piperidine rings is 1. The van der Waals surface area contributed by atoms with Crippen molar-refractivity contribution in [2.24, 2.45) is 7.05 Å². The lowest BCUT2D eigenvalue weighted by Crippen LogP contribution is -2.39. The number of carbonyl (C=O) groups is 1. The molecule has 0 radical (unpaired) electrons. The Morgan fingerprint density at radius 2 is 2.25 bits per heavy atom. The summed E-state index contributed by atoms with van der Waals surface area (Å²) in [5.74, 6) is 1.38. The molecule has 1 atom stereocenters. The topological polar surface area (TPSA) is 89.9 Å². The molecule has 1 aromatic carbocycles. The normalized spacial score (nSPS) is 18.2. The molecule has 8 nitrogen and oxygen atoms in total. The Balaban J connectivity index is 1.56. The molecule has 0 unspecified atom stereocenters. The summed E-state index contributed by atoms with van der Waals surface area (Å²) in [5.41, 5.74) is 2.27. The standard InChI is InChI=1S/C16H18N6O2/c1-10-17-15(19-24-10)12-4-3-7-22(9-12)16(23)11-5-6-14-13(8-11)18-20-21(14)2/h5-6,8,12H,3-4,7,9H2,1-2H3/t12-/m0/s1. The lowest BCUT2D eigenvalue weighted by atomic mass is 9.96. The number of hydrogen-bond donors (Lipinski definition) is 0. The summed E-state index contributed by atoms with van der Waals surface area (Å²) in [7, 11) is 1.83. The lowest BCUT2D eigenvalue weighted by molar-refractivity contribution is 0.0703. The summed E-state index contributed by atoms with van der Waals surface area (Å²) in [5, 5.41) is 12.1.